The van der Waals surface area contributed by atoms with Crippen LogP contribution in [0.2, 0.25) is 0 Å². The molecule has 0 radical (unpaired) electrons. The van der Waals surface area contributed by atoms with Crippen LogP contribution in [0, 0.1) is 0 Å². The van der Waals surface area contributed by atoms with Gasteiger partial charge >= 0.3 is 0 Å². The van der Waals surface area contributed by atoms with Gasteiger partial charge in [0.15, 0.2) is 5.13 Å². The summed E-state index contributed by atoms with van der Waals surface area (Å²) in [6.45, 7) is 0.157. The van der Waals surface area contributed by atoms with E-state index >= 15 is 0 Å². The Bertz CT molecular complexity index is 1060. The van der Waals surface area contributed by atoms with Crippen LogP contribution in [0.15, 0.2) is 71.1 Å². The molecule has 0 bridgehead atoms. The number of thiazole rings is 2. The Hall–Kier alpha value is -2.29. The van der Waals surface area contributed by atoms with E-state index in [0.29, 0.717) is 5.13 Å². The minimum Gasteiger partial charge on any atom is -0.239 e. The van der Waals surface area contributed by atoms with Gasteiger partial charge in [-0.2, -0.15) is 0 Å². The number of hydrogen-bond donors (Lipinski definition) is 0. The SMILES string of the molecule is O=S(=O)(c1ccccc1)N(Cc1nc2ccccc2s1)c1nccs1. The van der Waals surface area contributed by atoms with Crippen molar-refractivity contribution in [3.8, 4) is 0 Å². The monoisotopic (exact) mass is 387 g/mol. The number of nitrogens with zero attached hydrogens (tertiary/aromatic N) is 3. The summed E-state index contributed by atoms with van der Waals surface area (Å²) in [5.41, 5.74) is 0.874. The highest BCUT2D eigenvalue weighted by atomic mass is 32.2. The lowest BCUT2D eigenvalue weighted by molar-refractivity contribution is 0.590. The van der Waals surface area contributed by atoms with Crippen molar-refractivity contribution in [2.75, 3.05) is 4.31 Å². The molecule has 5 nitrogen and oxygen atoms in total. The van der Waals surface area contributed by atoms with Crippen molar-refractivity contribution in [2.24, 2.45) is 0 Å². The first-order valence-electron chi connectivity index (χ1n) is 7.46. The molecule has 2 aromatic heterocycles. The van der Waals surface area contributed by atoms with Crippen molar-refractivity contribution in [2.45, 2.75) is 11.4 Å². The molecule has 2 heterocycles. The molecule has 0 aliphatic heterocycles. The van der Waals surface area contributed by atoms with E-state index in [2.05, 4.69) is 9.97 Å². The normalized spacial score (nSPS) is 11.7. The molecule has 0 amide bonds. The lowest BCUT2D eigenvalue weighted by Gasteiger charge is -2.20. The molecule has 0 saturated heterocycles. The van der Waals surface area contributed by atoms with Crippen LogP contribution >= 0.6 is 22.7 Å². The van der Waals surface area contributed by atoms with Crippen molar-refractivity contribution >= 4 is 48.0 Å². The van der Waals surface area contributed by atoms with Crippen molar-refractivity contribution in [1.29, 1.82) is 0 Å². The lowest BCUT2D eigenvalue weighted by Crippen LogP contribution is -2.30. The maximum atomic E-state index is 13.1. The third-order valence-electron chi connectivity index (χ3n) is 3.58. The molecule has 4 aromatic rings. The van der Waals surface area contributed by atoms with Crippen LogP contribution in [-0.2, 0) is 16.6 Å². The summed E-state index contributed by atoms with van der Waals surface area (Å²) in [6.07, 6.45) is 1.60. The minimum absolute atomic E-state index is 0.157. The van der Waals surface area contributed by atoms with Crippen molar-refractivity contribution in [3.05, 3.63) is 71.2 Å². The van der Waals surface area contributed by atoms with Crippen molar-refractivity contribution < 1.29 is 8.42 Å². The Balaban J connectivity index is 1.77. The first kappa shape index (κ1) is 16.2. The van der Waals surface area contributed by atoms with Crippen LogP contribution < -0.4 is 4.31 Å². The summed E-state index contributed by atoms with van der Waals surface area (Å²) >= 11 is 2.79. The lowest BCUT2D eigenvalue weighted by atomic mass is 10.3. The molecule has 0 spiro atoms. The average molecular weight is 388 g/mol. The van der Waals surface area contributed by atoms with Crippen LogP contribution in [0.25, 0.3) is 10.2 Å². The smallest absolute Gasteiger partial charge is 0.239 e. The molecule has 0 unspecified atom stereocenters. The number of benzene rings is 2. The summed E-state index contributed by atoms with van der Waals surface area (Å²) in [4.78, 5) is 9.00. The van der Waals surface area contributed by atoms with Gasteiger partial charge < -0.3 is 0 Å². The topological polar surface area (TPSA) is 63.2 Å². The Morgan fingerprint density at radius 3 is 2.48 bits per heavy atom. The fourth-order valence-corrected chi connectivity index (χ4v) is 5.73. The van der Waals surface area contributed by atoms with Gasteiger partial charge in [-0.15, -0.1) is 22.7 Å². The van der Waals surface area contributed by atoms with Crippen molar-refractivity contribution in [1.82, 2.24) is 9.97 Å². The van der Waals surface area contributed by atoms with E-state index in [-0.39, 0.29) is 11.4 Å². The highest BCUT2D eigenvalue weighted by Crippen LogP contribution is 2.30. The molecular formula is C17H13N3O2S3. The molecule has 126 valence electrons. The van der Waals surface area contributed by atoms with Gasteiger partial charge in [0.2, 0.25) is 0 Å². The van der Waals surface area contributed by atoms with Crippen molar-refractivity contribution in [3.63, 3.8) is 0 Å². The number of anilines is 1. The largest absolute Gasteiger partial charge is 0.266 e. The van der Waals surface area contributed by atoms with Gasteiger partial charge in [0.05, 0.1) is 21.7 Å². The second kappa shape index (κ2) is 6.55. The number of fused-ring (bicyclic) bond motifs is 1. The van der Waals surface area contributed by atoms with E-state index in [1.54, 1.807) is 41.9 Å². The van der Waals surface area contributed by atoms with Crippen LogP contribution in [0.1, 0.15) is 5.01 Å². The third-order valence-corrected chi connectivity index (χ3v) is 7.26. The van der Waals surface area contributed by atoms with Gasteiger partial charge in [-0.25, -0.2) is 22.7 Å². The predicted molar refractivity (Wildman–Crippen MR) is 102 cm³/mol. The van der Waals surface area contributed by atoms with Gasteiger partial charge in [0.1, 0.15) is 5.01 Å². The van der Waals surface area contributed by atoms with Gasteiger partial charge in [0, 0.05) is 11.6 Å². The first-order valence-corrected chi connectivity index (χ1v) is 10.6. The fraction of sp³-hybridized carbons (Fsp3) is 0.0588. The maximum Gasteiger partial charge on any atom is 0.266 e. The highest BCUT2D eigenvalue weighted by molar-refractivity contribution is 7.93. The molecule has 0 atom stereocenters. The molecule has 25 heavy (non-hydrogen) atoms. The van der Waals surface area contributed by atoms with Gasteiger partial charge in [-0.05, 0) is 24.3 Å². The molecule has 2 aromatic carbocycles. The van der Waals surface area contributed by atoms with E-state index in [1.807, 2.05) is 24.3 Å². The van der Waals surface area contributed by atoms with Gasteiger partial charge in [-0.1, -0.05) is 30.3 Å². The zero-order valence-electron chi connectivity index (χ0n) is 12.9. The number of sulfonamides is 1. The average Bonchev–Trinajstić information content (AvgIpc) is 3.29. The van der Waals surface area contributed by atoms with Gasteiger partial charge in [0.25, 0.3) is 10.0 Å². The standard InChI is InChI=1S/C17H13N3O2S3/c21-25(22,13-6-2-1-3-7-13)20(17-18-10-11-23-17)12-16-19-14-8-4-5-9-15(14)24-16/h1-11H,12H2. The van der Waals surface area contributed by atoms with Crippen LogP contribution in [0.5, 0.6) is 0 Å². The Kier molecular flexibility index (Phi) is 4.24. The molecule has 0 N–H and O–H groups in total. The maximum absolute atomic E-state index is 13.1. The van der Waals surface area contributed by atoms with Crippen LogP contribution in [0.4, 0.5) is 5.13 Å². The molecular weight excluding hydrogens is 374 g/mol. The molecule has 0 fully saturated rings. The Labute approximate surface area is 153 Å². The zero-order chi connectivity index (χ0) is 17.3. The molecule has 8 heteroatoms. The van der Waals surface area contributed by atoms with E-state index in [9.17, 15) is 8.42 Å². The number of rotatable bonds is 5. The summed E-state index contributed by atoms with van der Waals surface area (Å²) < 4.78 is 28.6. The highest BCUT2D eigenvalue weighted by Gasteiger charge is 2.27. The van der Waals surface area contributed by atoms with Crippen LogP contribution in [-0.4, -0.2) is 18.4 Å². The van der Waals surface area contributed by atoms with E-state index in [0.717, 1.165) is 15.2 Å². The second-order valence-electron chi connectivity index (χ2n) is 5.21. The zero-order valence-corrected chi connectivity index (χ0v) is 15.4. The molecule has 0 aliphatic carbocycles. The summed E-state index contributed by atoms with van der Waals surface area (Å²) in [5.74, 6) is 0. The predicted octanol–water partition coefficient (Wildman–Crippen LogP) is 4.15. The molecule has 0 aliphatic rings. The fourth-order valence-electron chi connectivity index (χ4n) is 2.42. The van der Waals surface area contributed by atoms with Crippen LogP contribution in [0.3, 0.4) is 0 Å². The number of aromatic nitrogens is 2. The van der Waals surface area contributed by atoms with Gasteiger partial charge in [-0.3, -0.25) is 0 Å². The van der Waals surface area contributed by atoms with E-state index in [1.165, 1.54) is 27.0 Å². The summed E-state index contributed by atoms with van der Waals surface area (Å²) in [6, 6.07) is 16.2. The first-order chi connectivity index (χ1) is 12.1. The summed E-state index contributed by atoms with van der Waals surface area (Å²) in [7, 11) is -3.71. The third kappa shape index (κ3) is 3.15. The Morgan fingerprint density at radius 2 is 1.76 bits per heavy atom. The quantitative estimate of drug-likeness (QED) is 0.516. The second-order valence-corrected chi connectivity index (χ2v) is 9.07. The van der Waals surface area contributed by atoms with E-state index < -0.39 is 10.0 Å². The minimum atomic E-state index is -3.71. The summed E-state index contributed by atoms with van der Waals surface area (Å²) in [5, 5.41) is 2.93. The number of hydrogen-bond acceptors (Lipinski definition) is 6. The van der Waals surface area contributed by atoms with E-state index in [4.69, 9.17) is 0 Å². The number of para-hydroxylation sites is 1. The molecule has 4 rings (SSSR count). The molecule has 0 saturated carbocycles. The Morgan fingerprint density at radius 1 is 1.00 bits per heavy atom.